The van der Waals surface area contributed by atoms with Crippen LogP contribution in [0.5, 0.6) is 0 Å². The summed E-state index contributed by atoms with van der Waals surface area (Å²) in [7, 11) is -7.65. The minimum atomic E-state index is -6.09. The van der Waals surface area contributed by atoms with Gasteiger partial charge in [-0.3, -0.25) is 0 Å². The van der Waals surface area contributed by atoms with Crippen LogP contribution in [0.3, 0.4) is 0 Å². The molecule has 0 spiro atoms. The van der Waals surface area contributed by atoms with Crippen molar-refractivity contribution in [2.45, 2.75) is 17.1 Å². The van der Waals surface area contributed by atoms with Gasteiger partial charge in [0.1, 0.15) is 14.1 Å². The third-order valence-electron chi connectivity index (χ3n) is 7.83. The molecule has 0 bridgehead atoms. The van der Waals surface area contributed by atoms with E-state index in [-0.39, 0.29) is 0 Å². The molecule has 2 heterocycles. The molecule has 2 aromatic carbocycles. The van der Waals surface area contributed by atoms with Crippen LogP contribution in [0, 0.1) is 17.8 Å². The molecule has 0 saturated heterocycles. The van der Waals surface area contributed by atoms with Crippen molar-refractivity contribution in [2.75, 3.05) is 14.1 Å². The van der Waals surface area contributed by atoms with Crippen LogP contribution in [-0.2, 0) is 20.2 Å². The second-order valence-corrected chi connectivity index (χ2v) is 13.2. The Morgan fingerprint density at radius 3 is 1.61 bits per heavy atom. The number of hydrogen-bond donors (Lipinski definition) is 0. The normalized spacial score (nSPS) is 23.7. The Bertz CT molecular complexity index is 1850. The van der Waals surface area contributed by atoms with Gasteiger partial charge in [0.15, 0.2) is 37.7 Å². The average molecular weight is 689 g/mol. The number of rotatable bonds is 2. The van der Waals surface area contributed by atoms with Gasteiger partial charge in [0.05, 0.1) is 17.8 Å². The van der Waals surface area contributed by atoms with Gasteiger partial charge < -0.3 is 9.11 Å². The van der Waals surface area contributed by atoms with Crippen LogP contribution >= 0.6 is 0 Å². The SMILES string of the molecule is C[N+]1=C(c2ccccc2)C2=CC=CC3C2C2C1=CC=CC2C(c1ccccc1)=[N+]3C.O=S(=O)([O-])C(F)(F)F.O=S(=O)([O-])C(F)(F)F. The van der Waals surface area contributed by atoms with Crippen LogP contribution in [0.25, 0.3) is 0 Å². The van der Waals surface area contributed by atoms with Gasteiger partial charge in [0.2, 0.25) is 5.71 Å². The molecule has 8 nitrogen and oxygen atoms in total. The summed E-state index contributed by atoms with van der Waals surface area (Å²) >= 11 is 0. The maximum absolute atomic E-state index is 10.7. The molecule has 2 aliphatic carbocycles. The molecule has 46 heavy (non-hydrogen) atoms. The quantitative estimate of drug-likeness (QED) is 0.198. The highest BCUT2D eigenvalue weighted by atomic mass is 32.2. The maximum Gasteiger partial charge on any atom is 0.485 e. The van der Waals surface area contributed by atoms with E-state index in [0.29, 0.717) is 23.8 Å². The van der Waals surface area contributed by atoms with E-state index in [1.165, 1.54) is 33.8 Å². The molecule has 4 atom stereocenters. The summed E-state index contributed by atoms with van der Waals surface area (Å²) in [5.74, 6) is 1.30. The fourth-order valence-electron chi connectivity index (χ4n) is 6.07. The fraction of sp³-hybridized carbons (Fsp3) is 0.267. The first-order chi connectivity index (χ1) is 21.3. The summed E-state index contributed by atoms with van der Waals surface area (Å²) in [6.45, 7) is 0. The zero-order chi connectivity index (χ0) is 34.2. The first kappa shape index (κ1) is 35.0. The van der Waals surface area contributed by atoms with E-state index in [4.69, 9.17) is 25.9 Å². The Kier molecular flexibility index (Phi) is 9.69. The van der Waals surface area contributed by atoms with Crippen molar-refractivity contribution < 1.29 is 61.4 Å². The van der Waals surface area contributed by atoms with E-state index in [2.05, 4.69) is 120 Å². The van der Waals surface area contributed by atoms with Crippen LogP contribution in [-0.4, -0.2) is 77.7 Å². The highest BCUT2D eigenvalue weighted by Crippen LogP contribution is 2.48. The van der Waals surface area contributed by atoms with Crippen LogP contribution < -0.4 is 0 Å². The molecule has 4 aliphatic rings. The van der Waals surface area contributed by atoms with Crippen molar-refractivity contribution in [3.05, 3.63) is 120 Å². The molecule has 0 saturated carbocycles. The maximum atomic E-state index is 10.7. The number of alkyl halides is 6. The lowest BCUT2D eigenvalue weighted by molar-refractivity contribution is -0.548. The fourth-order valence-corrected chi connectivity index (χ4v) is 6.07. The van der Waals surface area contributed by atoms with Crippen molar-refractivity contribution in [3.8, 4) is 0 Å². The Morgan fingerprint density at radius 2 is 1.13 bits per heavy atom. The number of benzene rings is 2. The monoisotopic (exact) mass is 688 g/mol. The largest absolute Gasteiger partial charge is 0.741 e. The van der Waals surface area contributed by atoms with Crippen molar-refractivity contribution in [1.82, 2.24) is 0 Å². The highest BCUT2D eigenvalue weighted by Gasteiger charge is 2.58. The lowest BCUT2D eigenvalue weighted by atomic mass is 9.61. The number of likely N-dealkylation sites (N-methyl/N-ethyl adjacent to an activating group) is 1. The third-order valence-corrected chi connectivity index (χ3v) is 8.97. The zero-order valence-corrected chi connectivity index (χ0v) is 25.6. The first-order valence-corrected chi connectivity index (χ1v) is 16.2. The minimum absolute atomic E-state index is 0.365. The molecule has 0 fully saturated rings. The van der Waals surface area contributed by atoms with Crippen LogP contribution in [0.4, 0.5) is 26.3 Å². The standard InChI is InChI=1S/C28H26N2.2CHF3O3S/c1-29-23-17-9-16-22-25(23)26-21(27(29)19-11-5-3-6-12-19)15-10-18-24(26)30(2)28(22)20-13-7-4-8-14-20;2*2-1(3,4)8(5,6)7/h3-18,21,23,25-26H,1-2H3;2*(H,5,6,7)/q+2;;/p-2. The lowest BCUT2D eigenvalue weighted by Crippen LogP contribution is -2.55. The van der Waals surface area contributed by atoms with Gasteiger partial charge in [-0.2, -0.15) is 30.9 Å². The van der Waals surface area contributed by atoms with Gasteiger partial charge in [-0.1, -0.05) is 60.7 Å². The number of halogens is 6. The minimum Gasteiger partial charge on any atom is -0.741 e. The molecule has 16 heteroatoms. The molecular weight excluding hydrogens is 662 g/mol. The van der Waals surface area contributed by atoms with Gasteiger partial charge in [-0.25, -0.2) is 21.4 Å². The molecule has 0 aromatic heterocycles. The number of nitrogens with zero attached hydrogens (tertiary/aromatic N) is 2. The number of hydrogen-bond acceptors (Lipinski definition) is 6. The molecule has 0 radical (unpaired) electrons. The van der Waals surface area contributed by atoms with Crippen LogP contribution in [0.1, 0.15) is 11.1 Å². The molecule has 2 aromatic rings. The first-order valence-electron chi connectivity index (χ1n) is 13.4. The summed E-state index contributed by atoms with van der Waals surface area (Å²) in [5, 5.41) is 0. The van der Waals surface area contributed by atoms with Crippen molar-refractivity contribution in [2.24, 2.45) is 17.8 Å². The predicted octanol–water partition coefficient (Wildman–Crippen LogP) is 4.55. The smallest absolute Gasteiger partial charge is 0.485 e. The van der Waals surface area contributed by atoms with E-state index in [1.54, 1.807) is 0 Å². The number of allylic oxidation sites excluding steroid dienone is 6. The summed E-state index contributed by atoms with van der Waals surface area (Å²) in [6, 6.07) is 22.2. The highest BCUT2D eigenvalue weighted by molar-refractivity contribution is 7.86. The Hall–Kier alpha value is -3.86. The summed E-state index contributed by atoms with van der Waals surface area (Å²) < 4.78 is 123. The van der Waals surface area contributed by atoms with E-state index < -0.39 is 31.3 Å². The van der Waals surface area contributed by atoms with Gasteiger partial charge in [-0.05, 0) is 30.3 Å². The van der Waals surface area contributed by atoms with Crippen LogP contribution in [0.2, 0.25) is 0 Å². The second-order valence-electron chi connectivity index (χ2n) is 10.5. The van der Waals surface area contributed by atoms with Gasteiger partial charge in [0.25, 0.3) is 0 Å². The van der Waals surface area contributed by atoms with E-state index in [0.717, 1.165) is 0 Å². The van der Waals surface area contributed by atoms with E-state index in [9.17, 15) is 26.3 Å². The summed E-state index contributed by atoms with van der Waals surface area (Å²) in [4.78, 5) is 0. The van der Waals surface area contributed by atoms with Gasteiger partial charge in [-0.15, -0.1) is 0 Å². The molecular formula is C30H26F6N2O6S2. The Balaban J connectivity index is 0.000000250. The second kappa shape index (κ2) is 12.7. The van der Waals surface area contributed by atoms with E-state index >= 15 is 0 Å². The molecule has 2 aliphatic heterocycles. The third kappa shape index (κ3) is 6.94. The van der Waals surface area contributed by atoms with Crippen molar-refractivity contribution in [1.29, 1.82) is 0 Å². The van der Waals surface area contributed by atoms with Gasteiger partial charge >= 0.3 is 11.0 Å². The summed E-state index contributed by atoms with van der Waals surface area (Å²) in [5.41, 5.74) is -2.97. The van der Waals surface area contributed by atoms with Crippen molar-refractivity contribution in [3.63, 3.8) is 0 Å². The van der Waals surface area contributed by atoms with Crippen LogP contribution in [0.15, 0.2) is 108 Å². The molecule has 0 N–H and O–H groups in total. The molecule has 4 unspecified atom stereocenters. The Morgan fingerprint density at radius 1 is 0.674 bits per heavy atom. The van der Waals surface area contributed by atoms with Gasteiger partial charge in [0, 0.05) is 22.8 Å². The average Bonchev–Trinajstić information content (AvgIpc) is 2.97. The van der Waals surface area contributed by atoms with Crippen molar-refractivity contribution >= 4 is 31.7 Å². The molecule has 246 valence electrons. The zero-order valence-electron chi connectivity index (χ0n) is 24.0. The molecule has 6 rings (SSSR count). The summed E-state index contributed by atoms with van der Waals surface area (Å²) in [6.07, 6.45) is 14.0. The van der Waals surface area contributed by atoms with E-state index in [1.807, 2.05) is 0 Å². The lowest BCUT2D eigenvalue weighted by Gasteiger charge is -2.43. The predicted molar refractivity (Wildman–Crippen MR) is 154 cm³/mol. The Labute approximate surface area is 261 Å². The molecule has 0 amide bonds. The topological polar surface area (TPSA) is 120 Å².